The minimum Gasteiger partial charge on any atom is -0.339 e. The number of hydrogen-bond donors (Lipinski definition) is 1. The van der Waals surface area contributed by atoms with E-state index in [-0.39, 0.29) is 0 Å². The van der Waals surface area contributed by atoms with Crippen LogP contribution in [0, 0.1) is 12.8 Å². The van der Waals surface area contributed by atoms with Gasteiger partial charge in [0.2, 0.25) is 11.7 Å². The molecule has 106 valence electrons. The quantitative estimate of drug-likeness (QED) is 0.930. The third-order valence-electron chi connectivity index (χ3n) is 4.25. The van der Waals surface area contributed by atoms with Crippen LogP contribution in [0.25, 0.3) is 11.4 Å². The lowest BCUT2D eigenvalue weighted by molar-refractivity contribution is 0.249. The third kappa shape index (κ3) is 2.61. The number of hydrogen-bond acceptors (Lipinski definition) is 4. The molecule has 20 heavy (non-hydrogen) atoms. The lowest BCUT2D eigenvalue weighted by Crippen LogP contribution is -2.25. The topological polar surface area (TPSA) is 64.9 Å². The molecule has 1 saturated carbocycles. The van der Waals surface area contributed by atoms with Gasteiger partial charge in [-0.25, -0.2) is 0 Å². The Hall–Kier alpha value is -1.68. The first-order valence-electron chi connectivity index (χ1n) is 7.38. The molecule has 2 N–H and O–H groups in total. The molecule has 2 atom stereocenters. The molecule has 3 rings (SSSR count). The van der Waals surface area contributed by atoms with Crippen molar-refractivity contribution in [3.8, 4) is 11.4 Å². The predicted octanol–water partition coefficient (Wildman–Crippen LogP) is 3.28. The Bertz CT molecular complexity index is 579. The van der Waals surface area contributed by atoms with Crippen LogP contribution in [0.15, 0.2) is 28.8 Å². The van der Waals surface area contributed by atoms with Crippen molar-refractivity contribution in [2.24, 2.45) is 11.7 Å². The molecular weight excluding hydrogens is 250 g/mol. The molecule has 1 fully saturated rings. The molecule has 0 radical (unpaired) electrons. The van der Waals surface area contributed by atoms with E-state index in [9.17, 15) is 0 Å². The molecule has 2 unspecified atom stereocenters. The van der Waals surface area contributed by atoms with Gasteiger partial charge in [-0.05, 0) is 38.3 Å². The molecule has 0 aliphatic heterocycles. The Kier molecular flexibility index (Phi) is 3.83. The Morgan fingerprint density at radius 1 is 1.30 bits per heavy atom. The summed E-state index contributed by atoms with van der Waals surface area (Å²) in [6, 6.07) is 8.18. The first kappa shape index (κ1) is 13.3. The molecule has 4 nitrogen and oxygen atoms in total. The molecule has 2 aromatic rings. The van der Waals surface area contributed by atoms with Gasteiger partial charge in [0.05, 0.1) is 0 Å². The molecule has 0 spiro atoms. The maximum Gasteiger partial charge on any atom is 0.230 e. The molecular formula is C16H21N3O. The van der Waals surface area contributed by atoms with Gasteiger partial charge in [-0.2, -0.15) is 4.98 Å². The van der Waals surface area contributed by atoms with E-state index < -0.39 is 0 Å². The highest BCUT2D eigenvalue weighted by Crippen LogP contribution is 2.37. The van der Waals surface area contributed by atoms with E-state index in [0.717, 1.165) is 17.9 Å². The van der Waals surface area contributed by atoms with Crippen molar-refractivity contribution in [1.29, 1.82) is 0 Å². The lowest BCUT2D eigenvalue weighted by atomic mass is 9.79. The standard InChI is InChI=1S/C16H21N3O/c1-11-5-4-7-12(9-11)15-18-16(20-19-15)14-8-3-2-6-13(14)10-17/h4-5,7,9,13-14H,2-3,6,8,10,17H2,1H3. The largest absolute Gasteiger partial charge is 0.339 e. The van der Waals surface area contributed by atoms with Crippen LogP contribution in [0.5, 0.6) is 0 Å². The zero-order valence-electron chi connectivity index (χ0n) is 11.9. The van der Waals surface area contributed by atoms with E-state index in [1.165, 1.54) is 24.8 Å². The fourth-order valence-corrected chi connectivity index (χ4v) is 3.10. The average Bonchev–Trinajstić information content (AvgIpc) is 2.97. The van der Waals surface area contributed by atoms with Crippen molar-refractivity contribution in [3.63, 3.8) is 0 Å². The van der Waals surface area contributed by atoms with Gasteiger partial charge in [0.25, 0.3) is 0 Å². The zero-order chi connectivity index (χ0) is 13.9. The highest BCUT2D eigenvalue weighted by Gasteiger charge is 2.30. The van der Waals surface area contributed by atoms with E-state index in [0.29, 0.717) is 24.2 Å². The van der Waals surface area contributed by atoms with E-state index in [1.54, 1.807) is 0 Å². The van der Waals surface area contributed by atoms with Crippen molar-refractivity contribution in [2.45, 2.75) is 38.5 Å². The van der Waals surface area contributed by atoms with Crippen molar-refractivity contribution in [2.75, 3.05) is 6.54 Å². The van der Waals surface area contributed by atoms with Gasteiger partial charge in [0.15, 0.2) is 0 Å². The molecule has 4 heteroatoms. The third-order valence-corrected chi connectivity index (χ3v) is 4.25. The highest BCUT2D eigenvalue weighted by molar-refractivity contribution is 5.55. The first-order valence-corrected chi connectivity index (χ1v) is 7.38. The second-order valence-electron chi connectivity index (χ2n) is 5.71. The molecule has 1 aromatic heterocycles. The summed E-state index contributed by atoms with van der Waals surface area (Å²) < 4.78 is 5.51. The monoisotopic (exact) mass is 271 g/mol. The molecule has 0 bridgehead atoms. The SMILES string of the molecule is Cc1cccc(-c2noc(C3CCCCC3CN)n2)c1. The van der Waals surface area contributed by atoms with Gasteiger partial charge in [0.1, 0.15) is 0 Å². The maximum atomic E-state index is 5.88. The number of rotatable bonds is 3. The van der Waals surface area contributed by atoms with E-state index in [4.69, 9.17) is 10.3 Å². The summed E-state index contributed by atoms with van der Waals surface area (Å²) in [5.74, 6) is 2.26. The van der Waals surface area contributed by atoms with Gasteiger partial charge in [-0.15, -0.1) is 0 Å². The van der Waals surface area contributed by atoms with Gasteiger partial charge < -0.3 is 10.3 Å². The number of nitrogens with two attached hydrogens (primary N) is 1. The number of aryl methyl sites for hydroxylation is 1. The van der Waals surface area contributed by atoms with Crippen LogP contribution < -0.4 is 5.73 Å². The second-order valence-corrected chi connectivity index (χ2v) is 5.71. The van der Waals surface area contributed by atoms with Crippen molar-refractivity contribution in [3.05, 3.63) is 35.7 Å². The summed E-state index contributed by atoms with van der Waals surface area (Å²) in [5, 5.41) is 4.14. The predicted molar refractivity (Wildman–Crippen MR) is 78.2 cm³/mol. The number of aromatic nitrogens is 2. The minimum atomic E-state index is 0.333. The number of nitrogens with zero attached hydrogens (tertiary/aromatic N) is 2. The van der Waals surface area contributed by atoms with Crippen LogP contribution in [0.4, 0.5) is 0 Å². The summed E-state index contributed by atoms with van der Waals surface area (Å²) in [6.07, 6.45) is 4.77. The van der Waals surface area contributed by atoms with E-state index in [2.05, 4.69) is 29.2 Å². The van der Waals surface area contributed by atoms with Gasteiger partial charge >= 0.3 is 0 Å². The highest BCUT2D eigenvalue weighted by atomic mass is 16.5. The maximum absolute atomic E-state index is 5.88. The van der Waals surface area contributed by atoms with E-state index >= 15 is 0 Å². The minimum absolute atomic E-state index is 0.333. The van der Waals surface area contributed by atoms with Gasteiger partial charge in [-0.3, -0.25) is 0 Å². The van der Waals surface area contributed by atoms with Crippen LogP contribution in [-0.2, 0) is 0 Å². The number of benzene rings is 1. The van der Waals surface area contributed by atoms with Crippen LogP contribution >= 0.6 is 0 Å². The first-order chi connectivity index (χ1) is 9.78. The molecule has 0 saturated heterocycles. The van der Waals surface area contributed by atoms with Gasteiger partial charge in [-0.1, -0.05) is 41.8 Å². The molecule has 0 amide bonds. The van der Waals surface area contributed by atoms with Crippen molar-refractivity contribution in [1.82, 2.24) is 10.1 Å². The normalized spacial score (nSPS) is 22.9. The van der Waals surface area contributed by atoms with Crippen LogP contribution in [-0.4, -0.2) is 16.7 Å². The summed E-state index contributed by atoms with van der Waals surface area (Å²) in [7, 11) is 0. The molecule has 1 heterocycles. The van der Waals surface area contributed by atoms with E-state index in [1.807, 2.05) is 12.1 Å². The van der Waals surface area contributed by atoms with Crippen molar-refractivity contribution >= 4 is 0 Å². The fraction of sp³-hybridized carbons (Fsp3) is 0.500. The van der Waals surface area contributed by atoms with Crippen LogP contribution in [0.1, 0.15) is 43.1 Å². The average molecular weight is 271 g/mol. The molecule has 1 aliphatic carbocycles. The Labute approximate surface area is 119 Å². The van der Waals surface area contributed by atoms with Crippen LogP contribution in [0.2, 0.25) is 0 Å². The Morgan fingerprint density at radius 3 is 2.95 bits per heavy atom. The summed E-state index contributed by atoms with van der Waals surface area (Å²) in [4.78, 5) is 4.61. The lowest BCUT2D eigenvalue weighted by Gasteiger charge is -2.27. The molecule has 1 aliphatic rings. The zero-order valence-corrected chi connectivity index (χ0v) is 11.9. The van der Waals surface area contributed by atoms with Gasteiger partial charge in [0, 0.05) is 11.5 Å². The second kappa shape index (κ2) is 5.75. The van der Waals surface area contributed by atoms with Crippen molar-refractivity contribution < 1.29 is 4.52 Å². The smallest absolute Gasteiger partial charge is 0.230 e. The summed E-state index contributed by atoms with van der Waals surface area (Å²) >= 11 is 0. The molecule has 1 aromatic carbocycles. The fourth-order valence-electron chi connectivity index (χ4n) is 3.10. The summed E-state index contributed by atoms with van der Waals surface area (Å²) in [6.45, 7) is 2.77. The summed E-state index contributed by atoms with van der Waals surface area (Å²) in [5.41, 5.74) is 8.09. The Balaban J connectivity index is 1.86. The van der Waals surface area contributed by atoms with Crippen LogP contribution in [0.3, 0.4) is 0 Å². The Morgan fingerprint density at radius 2 is 2.15 bits per heavy atom.